The summed E-state index contributed by atoms with van der Waals surface area (Å²) in [6.45, 7) is 2.39. The summed E-state index contributed by atoms with van der Waals surface area (Å²) >= 11 is 0. The molecule has 1 fully saturated rings. The van der Waals surface area contributed by atoms with Gasteiger partial charge in [-0.1, -0.05) is 36.4 Å². The number of fused-ring (bicyclic) bond motifs is 1. The maximum Gasteiger partial charge on any atom is 0.295 e. The van der Waals surface area contributed by atoms with Gasteiger partial charge in [-0.2, -0.15) is 9.78 Å². The number of nitro benzene ring substituents is 1. The first-order valence-electron chi connectivity index (χ1n) is 10.8. The summed E-state index contributed by atoms with van der Waals surface area (Å²) in [5.74, 6) is 0. The fourth-order valence-electron chi connectivity index (χ4n) is 4.18. The lowest BCUT2D eigenvalue weighted by atomic mass is 10.0. The van der Waals surface area contributed by atoms with Gasteiger partial charge in [0.15, 0.2) is 0 Å². The van der Waals surface area contributed by atoms with Crippen molar-refractivity contribution >= 4 is 28.4 Å². The van der Waals surface area contributed by atoms with Crippen molar-refractivity contribution < 1.29 is 14.5 Å². The van der Waals surface area contributed by atoms with E-state index in [1.807, 2.05) is 0 Å². The summed E-state index contributed by atoms with van der Waals surface area (Å²) < 4.78 is 6.50. The molecule has 0 aliphatic carbocycles. The molecule has 0 saturated carbocycles. The van der Waals surface area contributed by atoms with Crippen LogP contribution in [0.1, 0.15) is 10.4 Å². The van der Waals surface area contributed by atoms with Crippen LogP contribution in [0.25, 0.3) is 27.7 Å². The molecular weight excluding hydrogens is 436 g/mol. The fourth-order valence-corrected chi connectivity index (χ4v) is 4.18. The minimum Gasteiger partial charge on any atom is -0.378 e. The first kappa shape index (κ1) is 21.5. The molecule has 4 aromatic rings. The van der Waals surface area contributed by atoms with Crippen LogP contribution in [0.15, 0.2) is 71.5 Å². The summed E-state index contributed by atoms with van der Waals surface area (Å²) in [5, 5.41) is 17.4. The fraction of sp³-hybridized carbons (Fsp3) is 0.160. The molecule has 0 unspecified atom stereocenters. The third kappa shape index (κ3) is 3.82. The molecule has 5 rings (SSSR count). The molecule has 0 atom stereocenters. The van der Waals surface area contributed by atoms with Gasteiger partial charge in [0.1, 0.15) is 12.0 Å². The van der Waals surface area contributed by atoms with Crippen LogP contribution >= 0.6 is 0 Å². The van der Waals surface area contributed by atoms with E-state index >= 15 is 0 Å². The second-order valence-electron chi connectivity index (χ2n) is 7.88. The third-order valence-corrected chi connectivity index (χ3v) is 5.86. The number of benzene rings is 3. The molecule has 9 nitrogen and oxygen atoms in total. The van der Waals surface area contributed by atoms with Crippen LogP contribution in [-0.4, -0.2) is 47.3 Å². The van der Waals surface area contributed by atoms with E-state index in [-0.39, 0.29) is 11.4 Å². The Morgan fingerprint density at radius 2 is 1.74 bits per heavy atom. The SMILES string of the molecule is O=Cc1cccc(-c2nn(-c3cc(N4CCOCC4)ccc3[N+](=O)[O-])c(=O)c3ccccc23)c1. The molecule has 1 aliphatic heterocycles. The zero-order valence-electron chi connectivity index (χ0n) is 18.1. The molecule has 0 N–H and O–H groups in total. The van der Waals surface area contributed by atoms with Crippen molar-refractivity contribution in [3.05, 3.63) is 92.8 Å². The van der Waals surface area contributed by atoms with Crippen molar-refractivity contribution in [2.24, 2.45) is 0 Å². The Hall–Kier alpha value is -4.37. The Morgan fingerprint density at radius 3 is 2.47 bits per heavy atom. The van der Waals surface area contributed by atoms with Gasteiger partial charge in [0.05, 0.1) is 29.2 Å². The molecule has 1 aliphatic rings. The zero-order chi connectivity index (χ0) is 23.7. The highest BCUT2D eigenvalue weighted by Gasteiger charge is 2.23. The van der Waals surface area contributed by atoms with E-state index < -0.39 is 10.5 Å². The average Bonchev–Trinajstić information content (AvgIpc) is 2.89. The summed E-state index contributed by atoms with van der Waals surface area (Å²) in [7, 11) is 0. The Labute approximate surface area is 194 Å². The van der Waals surface area contributed by atoms with Crippen LogP contribution in [0.2, 0.25) is 0 Å². The number of carbonyl (C=O) groups is 1. The third-order valence-electron chi connectivity index (χ3n) is 5.86. The van der Waals surface area contributed by atoms with E-state index in [0.29, 0.717) is 53.9 Å². The standard InChI is InChI=1S/C25H20N4O5/c30-16-17-4-3-5-18(14-17)24-20-6-1-2-7-21(20)25(31)28(26-24)23-15-19(8-9-22(23)29(32)33)27-10-12-34-13-11-27/h1-9,14-16H,10-13H2. The molecule has 9 heteroatoms. The molecule has 0 radical (unpaired) electrons. The summed E-state index contributed by atoms with van der Waals surface area (Å²) in [4.78, 5) is 38.2. The van der Waals surface area contributed by atoms with Crippen LogP contribution in [0.4, 0.5) is 11.4 Å². The highest BCUT2D eigenvalue weighted by Crippen LogP contribution is 2.30. The number of hydrogen-bond donors (Lipinski definition) is 0. The monoisotopic (exact) mass is 456 g/mol. The smallest absolute Gasteiger partial charge is 0.295 e. The number of anilines is 1. The lowest BCUT2D eigenvalue weighted by Crippen LogP contribution is -2.36. The number of aromatic nitrogens is 2. The van der Waals surface area contributed by atoms with Gasteiger partial charge in [0.2, 0.25) is 0 Å². The largest absolute Gasteiger partial charge is 0.378 e. The molecule has 3 aromatic carbocycles. The van der Waals surface area contributed by atoms with E-state index in [0.717, 1.165) is 16.7 Å². The van der Waals surface area contributed by atoms with Gasteiger partial charge < -0.3 is 9.64 Å². The Morgan fingerprint density at radius 1 is 0.971 bits per heavy atom. The van der Waals surface area contributed by atoms with Crippen molar-refractivity contribution in [2.45, 2.75) is 0 Å². The van der Waals surface area contributed by atoms with Crippen LogP contribution in [0.5, 0.6) is 0 Å². The maximum atomic E-state index is 13.5. The second kappa shape index (κ2) is 8.87. The van der Waals surface area contributed by atoms with Gasteiger partial charge in [-0.15, -0.1) is 0 Å². The van der Waals surface area contributed by atoms with Gasteiger partial charge in [0, 0.05) is 41.4 Å². The van der Waals surface area contributed by atoms with Gasteiger partial charge in [-0.25, -0.2) is 0 Å². The van der Waals surface area contributed by atoms with Crippen LogP contribution in [0, 0.1) is 10.1 Å². The number of hydrogen-bond acceptors (Lipinski definition) is 7. The number of rotatable bonds is 5. The zero-order valence-corrected chi connectivity index (χ0v) is 18.1. The summed E-state index contributed by atoms with van der Waals surface area (Å²) in [6, 6.07) is 18.5. The van der Waals surface area contributed by atoms with Gasteiger partial charge in [0.25, 0.3) is 11.2 Å². The lowest BCUT2D eigenvalue weighted by Gasteiger charge is -2.29. The van der Waals surface area contributed by atoms with Crippen LogP contribution < -0.4 is 10.5 Å². The Kier molecular flexibility index (Phi) is 5.60. The van der Waals surface area contributed by atoms with E-state index in [2.05, 4.69) is 10.00 Å². The quantitative estimate of drug-likeness (QED) is 0.256. The van der Waals surface area contributed by atoms with E-state index in [9.17, 15) is 19.7 Å². The van der Waals surface area contributed by atoms with E-state index in [4.69, 9.17) is 4.74 Å². The molecule has 2 heterocycles. The second-order valence-corrected chi connectivity index (χ2v) is 7.88. The predicted molar refractivity (Wildman–Crippen MR) is 128 cm³/mol. The molecule has 1 saturated heterocycles. The first-order valence-corrected chi connectivity index (χ1v) is 10.8. The van der Waals surface area contributed by atoms with Gasteiger partial charge >= 0.3 is 0 Å². The molecule has 170 valence electrons. The normalized spacial score (nSPS) is 13.7. The van der Waals surface area contributed by atoms with Crippen LogP contribution in [0.3, 0.4) is 0 Å². The Bertz CT molecular complexity index is 1470. The number of carbonyl (C=O) groups excluding carboxylic acids is 1. The predicted octanol–water partition coefficient (Wildman–Crippen LogP) is 3.61. The van der Waals surface area contributed by atoms with Gasteiger partial charge in [-0.3, -0.25) is 19.7 Å². The van der Waals surface area contributed by atoms with Gasteiger partial charge in [-0.05, 0) is 24.3 Å². The molecule has 0 spiro atoms. The van der Waals surface area contributed by atoms with Crippen LogP contribution in [-0.2, 0) is 4.74 Å². The summed E-state index contributed by atoms with van der Waals surface area (Å²) in [5.41, 5.74) is 1.67. The minimum atomic E-state index is -0.519. The minimum absolute atomic E-state index is 0.0811. The molecular formula is C25H20N4O5. The van der Waals surface area contributed by atoms with Crippen molar-refractivity contribution in [1.29, 1.82) is 0 Å². The number of nitrogens with zero attached hydrogens (tertiary/aromatic N) is 4. The van der Waals surface area contributed by atoms with E-state index in [1.54, 1.807) is 60.7 Å². The number of aldehydes is 1. The average molecular weight is 456 g/mol. The van der Waals surface area contributed by atoms with E-state index in [1.165, 1.54) is 6.07 Å². The van der Waals surface area contributed by atoms with Crippen molar-refractivity contribution in [3.63, 3.8) is 0 Å². The molecule has 0 amide bonds. The van der Waals surface area contributed by atoms with Crippen molar-refractivity contribution in [3.8, 4) is 16.9 Å². The molecule has 1 aromatic heterocycles. The lowest BCUT2D eigenvalue weighted by molar-refractivity contribution is -0.384. The highest BCUT2D eigenvalue weighted by molar-refractivity contribution is 5.95. The number of ether oxygens (including phenoxy) is 1. The van der Waals surface area contributed by atoms with Crippen molar-refractivity contribution in [2.75, 3.05) is 31.2 Å². The molecule has 34 heavy (non-hydrogen) atoms. The Balaban J connectivity index is 1.78. The maximum absolute atomic E-state index is 13.5. The highest BCUT2D eigenvalue weighted by atomic mass is 16.6. The van der Waals surface area contributed by atoms with Crippen molar-refractivity contribution in [1.82, 2.24) is 9.78 Å². The summed E-state index contributed by atoms with van der Waals surface area (Å²) in [6.07, 6.45) is 0.734. The topological polar surface area (TPSA) is 108 Å². The number of nitro groups is 1. The molecule has 0 bridgehead atoms. The first-order chi connectivity index (χ1) is 16.6. The number of morpholine rings is 1.